The normalized spacial score (nSPS) is 19.6. The van der Waals surface area contributed by atoms with Crippen molar-refractivity contribution in [1.82, 2.24) is 4.90 Å². The maximum absolute atomic E-state index is 14.2. The molecule has 42 heavy (non-hydrogen) atoms. The molecule has 2 aromatic rings. The zero-order chi connectivity index (χ0) is 30.6. The summed E-state index contributed by atoms with van der Waals surface area (Å²) >= 11 is 6.48. The van der Waals surface area contributed by atoms with Crippen molar-refractivity contribution in [3.8, 4) is 11.5 Å². The van der Waals surface area contributed by atoms with Crippen LogP contribution in [0.2, 0.25) is 5.02 Å². The minimum absolute atomic E-state index is 0.160. The first-order chi connectivity index (χ1) is 20.0. The number of methoxy groups -OCH3 is 3. The zero-order valence-electron chi connectivity index (χ0n) is 24.7. The number of para-hydroxylation sites is 1. The summed E-state index contributed by atoms with van der Waals surface area (Å²) in [5.74, 6) is -0.270. The van der Waals surface area contributed by atoms with Crippen LogP contribution in [0.1, 0.15) is 50.3 Å². The van der Waals surface area contributed by atoms with Crippen LogP contribution in [-0.2, 0) is 23.9 Å². The van der Waals surface area contributed by atoms with E-state index in [4.69, 9.17) is 30.5 Å². The Morgan fingerprint density at radius 1 is 1.07 bits per heavy atom. The first kappa shape index (κ1) is 31.6. The van der Waals surface area contributed by atoms with E-state index in [1.807, 2.05) is 19.9 Å². The number of rotatable bonds is 9. The number of likely N-dealkylation sites (tertiary alicyclic amines) is 1. The summed E-state index contributed by atoms with van der Waals surface area (Å²) in [4.78, 5) is 43.0. The molecule has 0 aromatic heterocycles. The van der Waals surface area contributed by atoms with Gasteiger partial charge in [0.2, 0.25) is 5.91 Å². The van der Waals surface area contributed by atoms with Gasteiger partial charge in [-0.1, -0.05) is 37.6 Å². The fourth-order valence-corrected chi connectivity index (χ4v) is 5.70. The predicted octanol–water partition coefficient (Wildman–Crippen LogP) is 4.00. The van der Waals surface area contributed by atoms with E-state index in [-0.39, 0.29) is 37.4 Å². The molecule has 2 aromatic carbocycles. The number of halogens is 1. The molecule has 10 nitrogen and oxygen atoms in total. The van der Waals surface area contributed by atoms with Crippen LogP contribution in [0, 0.1) is 11.3 Å². The van der Waals surface area contributed by atoms with Gasteiger partial charge in [-0.2, -0.15) is 0 Å². The molecule has 2 atom stereocenters. The third-order valence-electron chi connectivity index (χ3n) is 7.88. The second-order valence-corrected chi connectivity index (χ2v) is 11.9. The molecule has 0 bridgehead atoms. The molecule has 2 heterocycles. The smallest absolute Gasteiger partial charge is 0.308 e. The van der Waals surface area contributed by atoms with Crippen LogP contribution in [0.4, 0.5) is 5.69 Å². The van der Waals surface area contributed by atoms with Crippen LogP contribution in [0.5, 0.6) is 11.5 Å². The van der Waals surface area contributed by atoms with E-state index in [2.05, 4.69) is 0 Å². The average molecular weight is 603 g/mol. The number of fused-ring (bicyclic) bond motifs is 1. The van der Waals surface area contributed by atoms with Crippen molar-refractivity contribution in [1.29, 1.82) is 0 Å². The minimum Gasteiger partial charge on any atom is -0.493 e. The third kappa shape index (κ3) is 6.66. The highest BCUT2D eigenvalue weighted by atomic mass is 35.5. The van der Waals surface area contributed by atoms with Gasteiger partial charge in [-0.15, -0.1) is 0 Å². The van der Waals surface area contributed by atoms with Crippen molar-refractivity contribution in [2.24, 2.45) is 11.3 Å². The number of amides is 2. The second kappa shape index (κ2) is 13.3. The van der Waals surface area contributed by atoms with Crippen molar-refractivity contribution in [3.05, 3.63) is 52.5 Å². The number of aliphatic hydroxyl groups excluding tert-OH is 1. The van der Waals surface area contributed by atoms with Crippen LogP contribution in [0.15, 0.2) is 36.4 Å². The average Bonchev–Trinajstić information content (AvgIpc) is 3.10. The van der Waals surface area contributed by atoms with Gasteiger partial charge in [0, 0.05) is 53.5 Å². The standard InChI is InChI=1S/C31H39ClN2O8/c1-31(2,18-35)17-34-23-10-9-20(32)15-22(23)27(21-7-6-8-24(39-3)28(21)40-4)42-25(29(34)37)16-26(36)33-13-11-19(12-14-33)30(38)41-5/h6-10,15,19,25,27,35H,11-14,16-18H2,1-5H3/t25-,27-/m1/s1. The quantitative estimate of drug-likeness (QED) is 0.429. The van der Waals surface area contributed by atoms with Crippen molar-refractivity contribution in [2.45, 2.75) is 45.3 Å². The molecular weight excluding hydrogens is 564 g/mol. The lowest BCUT2D eigenvalue weighted by atomic mass is 9.92. The first-order valence-corrected chi connectivity index (χ1v) is 14.3. The minimum atomic E-state index is -1.16. The highest BCUT2D eigenvalue weighted by Crippen LogP contribution is 2.45. The van der Waals surface area contributed by atoms with Gasteiger partial charge in [-0.3, -0.25) is 14.4 Å². The van der Waals surface area contributed by atoms with Crippen LogP contribution in [0.3, 0.4) is 0 Å². The summed E-state index contributed by atoms with van der Waals surface area (Å²) in [5, 5.41) is 10.5. The van der Waals surface area contributed by atoms with Gasteiger partial charge in [0.05, 0.1) is 33.7 Å². The fraction of sp³-hybridized carbons (Fsp3) is 0.516. The summed E-state index contributed by atoms with van der Waals surface area (Å²) < 4.78 is 22.7. The monoisotopic (exact) mass is 602 g/mol. The fourth-order valence-electron chi connectivity index (χ4n) is 5.52. The molecule has 1 N–H and O–H groups in total. The van der Waals surface area contributed by atoms with Gasteiger partial charge in [0.25, 0.3) is 5.91 Å². The highest BCUT2D eigenvalue weighted by molar-refractivity contribution is 6.30. The van der Waals surface area contributed by atoms with Crippen LogP contribution < -0.4 is 14.4 Å². The Kier molecular flexibility index (Phi) is 10.0. The molecule has 11 heteroatoms. The topological polar surface area (TPSA) is 115 Å². The highest BCUT2D eigenvalue weighted by Gasteiger charge is 2.41. The Hall–Kier alpha value is -3.34. The molecule has 0 aliphatic carbocycles. The van der Waals surface area contributed by atoms with E-state index in [0.717, 1.165) is 0 Å². The summed E-state index contributed by atoms with van der Waals surface area (Å²) in [6.07, 6.45) is -1.22. The Balaban J connectivity index is 1.75. The lowest BCUT2D eigenvalue weighted by Gasteiger charge is -2.34. The number of hydrogen-bond acceptors (Lipinski definition) is 8. The molecule has 1 saturated heterocycles. The largest absolute Gasteiger partial charge is 0.493 e. The zero-order valence-corrected chi connectivity index (χ0v) is 25.5. The molecule has 0 unspecified atom stereocenters. The predicted molar refractivity (Wildman–Crippen MR) is 157 cm³/mol. The van der Waals surface area contributed by atoms with Gasteiger partial charge in [0.1, 0.15) is 12.2 Å². The van der Waals surface area contributed by atoms with E-state index < -0.39 is 23.5 Å². The molecule has 0 radical (unpaired) electrons. The van der Waals surface area contributed by atoms with Gasteiger partial charge in [-0.05, 0) is 37.1 Å². The summed E-state index contributed by atoms with van der Waals surface area (Å²) in [5.41, 5.74) is 1.14. The van der Waals surface area contributed by atoms with Crippen molar-refractivity contribution in [3.63, 3.8) is 0 Å². The third-order valence-corrected chi connectivity index (χ3v) is 8.11. The number of esters is 1. The molecule has 0 saturated carbocycles. The number of ether oxygens (including phenoxy) is 4. The lowest BCUT2D eigenvalue weighted by molar-refractivity contribution is -0.150. The SMILES string of the molecule is COC(=O)C1CCN(C(=O)C[C@H]2O[C@H](c3cccc(OC)c3OC)c3cc(Cl)ccc3N(CC(C)(C)CO)C2=O)CC1. The van der Waals surface area contributed by atoms with Crippen LogP contribution >= 0.6 is 11.6 Å². The lowest BCUT2D eigenvalue weighted by Crippen LogP contribution is -2.48. The maximum Gasteiger partial charge on any atom is 0.308 e. The Bertz CT molecular complexity index is 1310. The number of anilines is 1. The van der Waals surface area contributed by atoms with E-state index in [0.29, 0.717) is 59.3 Å². The summed E-state index contributed by atoms with van der Waals surface area (Å²) in [6.45, 7) is 4.49. The van der Waals surface area contributed by atoms with E-state index in [1.54, 1.807) is 40.1 Å². The Morgan fingerprint density at radius 3 is 2.40 bits per heavy atom. The molecule has 0 spiro atoms. The first-order valence-electron chi connectivity index (χ1n) is 14.0. The molecule has 4 rings (SSSR count). The Morgan fingerprint density at radius 2 is 1.79 bits per heavy atom. The van der Waals surface area contributed by atoms with E-state index in [1.165, 1.54) is 21.3 Å². The van der Waals surface area contributed by atoms with Gasteiger partial charge in [0.15, 0.2) is 11.5 Å². The number of piperidine rings is 1. The number of aliphatic hydroxyl groups is 1. The molecular formula is C31H39ClN2O8. The molecule has 2 amide bonds. The van der Waals surface area contributed by atoms with Gasteiger partial charge < -0.3 is 33.9 Å². The molecule has 2 aliphatic heterocycles. The van der Waals surface area contributed by atoms with Crippen molar-refractivity contribution >= 4 is 35.1 Å². The number of benzene rings is 2. The van der Waals surface area contributed by atoms with E-state index >= 15 is 0 Å². The number of carbonyl (C=O) groups is 3. The van der Waals surface area contributed by atoms with E-state index in [9.17, 15) is 19.5 Å². The van der Waals surface area contributed by atoms with Crippen LogP contribution in [0.25, 0.3) is 0 Å². The second-order valence-electron chi connectivity index (χ2n) is 11.4. The van der Waals surface area contributed by atoms with Gasteiger partial charge in [-0.25, -0.2) is 0 Å². The van der Waals surface area contributed by atoms with Crippen molar-refractivity contribution < 1.29 is 38.4 Å². The number of hydrogen-bond donors (Lipinski definition) is 1. The Labute approximate surface area is 251 Å². The number of nitrogens with zero attached hydrogens (tertiary/aromatic N) is 2. The summed E-state index contributed by atoms with van der Waals surface area (Å²) in [7, 11) is 4.42. The van der Waals surface area contributed by atoms with Crippen molar-refractivity contribution in [2.75, 3.05) is 52.5 Å². The van der Waals surface area contributed by atoms with Gasteiger partial charge >= 0.3 is 5.97 Å². The number of carbonyl (C=O) groups excluding carboxylic acids is 3. The molecule has 1 fully saturated rings. The molecule has 228 valence electrons. The maximum atomic E-state index is 14.2. The van der Waals surface area contributed by atoms with Crippen LogP contribution in [-0.4, -0.2) is 81.5 Å². The molecule has 2 aliphatic rings. The summed E-state index contributed by atoms with van der Waals surface area (Å²) in [6, 6.07) is 10.6.